The molecule has 2 fully saturated rings. The molecule has 2 aliphatic heterocycles. The molecule has 2 aromatic rings. The fraction of sp³-hybridized carbons (Fsp3) is 0.457. The van der Waals surface area contributed by atoms with E-state index in [1.54, 1.807) is 6.07 Å². The van der Waals surface area contributed by atoms with Gasteiger partial charge in [-0.2, -0.15) is 0 Å². The number of aliphatic carboxylic acids is 1. The minimum Gasteiger partial charge on any atom is -0.507 e. The number of hydrogen-bond acceptors (Lipinski definition) is 5. The molecule has 2 N–H and O–H groups in total. The Balaban J connectivity index is 1.35. The van der Waals surface area contributed by atoms with Crippen molar-refractivity contribution >= 4 is 45.4 Å². The summed E-state index contributed by atoms with van der Waals surface area (Å²) in [5, 5.41) is 19.4. The number of fused-ring (bicyclic) bond motifs is 3. The van der Waals surface area contributed by atoms with Gasteiger partial charge in [0.2, 0.25) is 11.8 Å². The third-order valence-electron chi connectivity index (χ3n) is 9.14. The molecule has 228 valence electrons. The smallest absolute Gasteiger partial charge is 0.303 e. The van der Waals surface area contributed by atoms with Crippen molar-refractivity contribution in [2.75, 3.05) is 13.2 Å². The van der Waals surface area contributed by atoms with Crippen LogP contribution in [0.4, 0.5) is 0 Å². The molecule has 0 unspecified atom stereocenters. The van der Waals surface area contributed by atoms with Gasteiger partial charge in [0.05, 0.1) is 24.5 Å². The number of carboxylic acids is 1. The number of imide groups is 1. The number of phenolic OH excluding ortho intramolecular Hbond substituents is 1. The largest absolute Gasteiger partial charge is 0.507 e. The quantitative estimate of drug-likeness (QED) is 0.110. The fourth-order valence-electron chi connectivity index (χ4n) is 7.03. The Kier molecular flexibility index (Phi) is 9.87. The molecule has 0 bridgehead atoms. The van der Waals surface area contributed by atoms with Crippen molar-refractivity contribution < 1.29 is 29.3 Å². The first-order valence-electron chi connectivity index (χ1n) is 15.3. The van der Waals surface area contributed by atoms with E-state index >= 15 is 0 Å². The monoisotopic (exact) mass is 649 g/mol. The first-order chi connectivity index (χ1) is 20.7. The number of carboxylic acid groups (broad SMARTS) is 1. The Morgan fingerprint density at radius 2 is 1.81 bits per heavy atom. The molecule has 0 aromatic heterocycles. The van der Waals surface area contributed by atoms with Crippen LogP contribution < -0.4 is 0 Å². The normalized spacial score (nSPS) is 23.7. The molecule has 3 aliphatic rings. The molecule has 1 aliphatic carbocycles. The molecule has 43 heavy (non-hydrogen) atoms. The van der Waals surface area contributed by atoms with Crippen molar-refractivity contribution in [2.24, 2.45) is 23.7 Å². The summed E-state index contributed by atoms with van der Waals surface area (Å²) in [7, 11) is 0. The number of unbranched alkanes of at least 4 members (excludes halogenated alkanes) is 2. The van der Waals surface area contributed by atoms with Gasteiger partial charge in [-0.3, -0.25) is 19.3 Å². The van der Waals surface area contributed by atoms with E-state index < -0.39 is 11.9 Å². The van der Waals surface area contributed by atoms with Gasteiger partial charge in [0, 0.05) is 28.9 Å². The van der Waals surface area contributed by atoms with E-state index in [-0.39, 0.29) is 47.8 Å². The SMILES string of the molecule is CC(C)C1=C2[C@@H](CC/C(=C/c3cc(Br)ccc3O)c3ccccc3)OC[C@@H]2[C@@H]2C(=O)N(CCCCCC(=O)O)C(=O)[C@@H]2C1. The van der Waals surface area contributed by atoms with Crippen LogP contribution in [0.5, 0.6) is 5.75 Å². The lowest BCUT2D eigenvalue weighted by Crippen LogP contribution is -2.35. The number of aromatic hydroxyl groups is 1. The highest BCUT2D eigenvalue weighted by Crippen LogP contribution is 2.51. The Morgan fingerprint density at radius 3 is 2.53 bits per heavy atom. The van der Waals surface area contributed by atoms with E-state index in [9.17, 15) is 19.5 Å². The molecular formula is C35H40BrNO6. The van der Waals surface area contributed by atoms with E-state index in [1.165, 1.54) is 16.0 Å². The summed E-state index contributed by atoms with van der Waals surface area (Å²) >= 11 is 3.51. The van der Waals surface area contributed by atoms with Crippen molar-refractivity contribution in [1.29, 1.82) is 0 Å². The molecule has 2 amide bonds. The first-order valence-corrected chi connectivity index (χ1v) is 16.1. The molecule has 2 aromatic carbocycles. The summed E-state index contributed by atoms with van der Waals surface area (Å²) in [6.07, 6.45) is 5.85. The lowest BCUT2D eigenvalue weighted by molar-refractivity contribution is -0.141. The van der Waals surface area contributed by atoms with Crippen LogP contribution in [0.25, 0.3) is 11.6 Å². The number of phenols is 1. The van der Waals surface area contributed by atoms with Gasteiger partial charge in [-0.05, 0) is 79.0 Å². The zero-order valence-electron chi connectivity index (χ0n) is 24.8. The van der Waals surface area contributed by atoms with Gasteiger partial charge in [0.25, 0.3) is 0 Å². The van der Waals surface area contributed by atoms with Crippen LogP contribution in [0, 0.1) is 23.7 Å². The second-order valence-electron chi connectivity index (χ2n) is 12.2. The van der Waals surface area contributed by atoms with Crippen molar-refractivity contribution in [3.63, 3.8) is 0 Å². The second-order valence-corrected chi connectivity index (χ2v) is 13.1. The van der Waals surface area contributed by atoms with Gasteiger partial charge < -0.3 is 14.9 Å². The number of carbonyl (C=O) groups excluding carboxylic acids is 2. The van der Waals surface area contributed by atoms with E-state index in [0.717, 1.165) is 27.6 Å². The maximum Gasteiger partial charge on any atom is 0.303 e. The molecule has 4 atom stereocenters. The van der Waals surface area contributed by atoms with Gasteiger partial charge in [0.15, 0.2) is 0 Å². The zero-order valence-corrected chi connectivity index (χ0v) is 26.4. The Morgan fingerprint density at radius 1 is 1.05 bits per heavy atom. The Bertz CT molecular complexity index is 1430. The number of amides is 2. The maximum absolute atomic E-state index is 13.7. The van der Waals surface area contributed by atoms with E-state index in [4.69, 9.17) is 9.84 Å². The van der Waals surface area contributed by atoms with Crippen molar-refractivity contribution in [1.82, 2.24) is 4.90 Å². The molecular weight excluding hydrogens is 610 g/mol. The Labute approximate surface area is 261 Å². The molecule has 7 nitrogen and oxygen atoms in total. The fourth-order valence-corrected chi connectivity index (χ4v) is 7.41. The van der Waals surface area contributed by atoms with Crippen molar-refractivity contribution in [3.05, 3.63) is 75.3 Å². The van der Waals surface area contributed by atoms with Gasteiger partial charge in [-0.15, -0.1) is 0 Å². The van der Waals surface area contributed by atoms with Crippen molar-refractivity contribution in [2.45, 2.75) is 64.9 Å². The van der Waals surface area contributed by atoms with E-state index in [2.05, 4.69) is 41.9 Å². The number of nitrogens with zero attached hydrogens (tertiary/aromatic N) is 1. The first kappa shape index (κ1) is 31.2. The third-order valence-corrected chi connectivity index (χ3v) is 9.64. The summed E-state index contributed by atoms with van der Waals surface area (Å²) in [5.74, 6) is -1.41. The lowest BCUT2D eigenvalue weighted by Gasteiger charge is -2.33. The predicted molar refractivity (Wildman–Crippen MR) is 169 cm³/mol. The average molecular weight is 651 g/mol. The van der Waals surface area contributed by atoms with Gasteiger partial charge in [0.1, 0.15) is 5.75 Å². The highest BCUT2D eigenvalue weighted by Gasteiger charge is 2.56. The summed E-state index contributed by atoms with van der Waals surface area (Å²) in [6.45, 7) is 5.09. The minimum atomic E-state index is -0.826. The second kappa shape index (κ2) is 13.6. The molecule has 5 rings (SSSR count). The highest BCUT2D eigenvalue weighted by atomic mass is 79.9. The summed E-state index contributed by atoms with van der Waals surface area (Å²) in [4.78, 5) is 39.4. The van der Waals surface area contributed by atoms with E-state index in [0.29, 0.717) is 45.3 Å². The number of benzene rings is 2. The summed E-state index contributed by atoms with van der Waals surface area (Å²) in [6, 6.07) is 15.5. The van der Waals surface area contributed by atoms with Crippen LogP contribution in [0.2, 0.25) is 0 Å². The van der Waals surface area contributed by atoms with E-state index in [1.807, 2.05) is 36.4 Å². The summed E-state index contributed by atoms with van der Waals surface area (Å²) in [5.41, 5.74) is 5.35. The van der Waals surface area contributed by atoms with Crippen LogP contribution in [0.3, 0.4) is 0 Å². The minimum absolute atomic E-state index is 0.0861. The predicted octanol–water partition coefficient (Wildman–Crippen LogP) is 7.09. The average Bonchev–Trinajstić information content (AvgIpc) is 3.50. The van der Waals surface area contributed by atoms with Gasteiger partial charge in [-0.25, -0.2) is 0 Å². The topological polar surface area (TPSA) is 104 Å². The number of halogens is 1. The standard InChI is InChI=1S/C35H40BrNO6/c1-21(2)26-19-27-33(35(42)37(34(27)41)16-8-4-7-11-31(39)40)28-20-43-30(32(26)28)15-12-23(22-9-5-3-6-10-22)17-24-18-25(36)13-14-29(24)38/h3,5-6,9-10,13-14,17-18,21,27-28,30,33,38H,4,7-8,11-12,15-16,19-20H2,1-2H3,(H,39,40)/b23-17-/t27-,28+,30-,33-/m1/s1. The molecule has 0 radical (unpaired) electrons. The Hall–Kier alpha value is -3.23. The van der Waals surface area contributed by atoms with Crippen LogP contribution in [-0.4, -0.2) is 52.2 Å². The number of allylic oxidation sites excluding steroid dienone is 2. The highest BCUT2D eigenvalue weighted by molar-refractivity contribution is 9.10. The van der Waals surface area contributed by atoms with Gasteiger partial charge >= 0.3 is 5.97 Å². The molecule has 8 heteroatoms. The van der Waals surface area contributed by atoms with Crippen LogP contribution in [0.15, 0.2) is 64.1 Å². The number of rotatable bonds is 12. The number of likely N-dealkylation sites (tertiary alicyclic amines) is 1. The third kappa shape index (κ3) is 6.80. The molecule has 2 heterocycles. The maximum atomic E-state index is 13.7. The number of ether oxygens (including phenoxy) is 1. The zero-order chi connectivity index (χ0) is 30.7. The molecule has 2 saturated heterocycles. The van der Waals surface area contributed by atoms with Crippen LogP contribution in [0.1, 0.15) is 69.9 Å². The van der Waals surface area contributed by atoms with Crippen LogP contribution >= 0.6 is 15.9 Å². The van der Waals surface area contributed by atoms with Gasteiger partial charge in [-0.1, -0.05) is 72.1 Å². The number of carbonyl (C=O) groups is 3. The molecule has 0 saturated carbocycles. The summed E-state index contributed by atoms with van der Waals surface area (Å²) < 4.78 is 7.33. The number of hydrogen-bond donors (Lipinski definition) is 2. The lowest BCUT2D eigenvalue weighted by atomic mass is 9.67. The van der Waals surface area contributed by atoms with Crippen LogP contribution in [-0.2, 0) is 19.1 Å². The molecule has 0 spiro atoms. The van der Waals surface area contributed by atoms with Crippen molar-refractivity contribution in [3.8, 4) is 5.75 Å².